The van der Waals surface area contributed by atoms with Crippen LogP contribution in [0.15, 0.2) is 6.20 Å². The van der Waals surface area contributed by atoms with E-state index in [1.54, 1.807) is 0 Å². The molecule has 8 nitrogen and oxygen atoms in total. The molecule has 0 spiro atoms. The van der Waals surface area contributed by atoms with Gasteiger partial charge in [-0.25, -0.2) is 14.3 Å². The Labute approximate surface area is 122 Å². The monoisotopic (exact) mass is 295 g/mol. The molecule has 116 valence electrons. The summed E-state index contributed by atoms with van der Waals surface area (Å²) in [7, 11) is 0. The number of hydrogen-bond donors (Lipinski definition) is 3. The van der Waals surface area contributed by atoms with Gasteiger partial charge < -0.3 is 15.7 Å². The van der Waals surface area contributed by atoms with Crippen LogP contribution in [-0.4, -0.2) is 45.2 Å². The van der Waals surface area contributed by atoms with Gasteiger partial charge in [-0.15, -0.1) is 5.10 Å². The molecule has 1 heterocycles. The summed E-state index contributed by atoms with van der Waals surface area (Å²) in [5, 5.41) is 21.5. The summed E-state index contributed by atoms with van der Waals surface area (Å²) >= 11 is 0. The summed E-state index contributed by atoms with van der Waals surface area (Å²) < 4.78 is 1.39. The molecule has 1 aliphatic carbocycles. The predicted molar refractivity (Wildman–Crippen MR) is 75.0 cm³/mol. The number of rotatable bonds is 6. The van der Waals surface area contributed by atoms with Crippen LogP contribution in [0.4, 0.5) is 4.79 Å². The third-order valence-corrected chi connectivity index (χ3v) is 3.66. The van der Waals surface area contributed by atoms with E-state index in [0.717, 1.165) is 6.54 Å². The molecule has 1 fully saturated rings. The SMILES string of the molecule is O=C(NCCn1cc(C(=O)O)nn1)NCC1CCCCC1. The minimum atomic E-state index is -1.11. The largest absolute Gasteiger partial charge is 0.476 e. The molecule has 1 saturated carbocycles. The highest BCUT2D eigenvalue weighted by atomic mass is 16.4. The normalized spacial score (nSPS) is 15.6. The van der Waals surface area contributed by atoms with Gasteiger partial charge in [0.1, 0.15) is 0 Å². The summed E-state index contributed by atoms with van der Waals surface area (Å²) in [5.74, 6) is -0.516. The van der Waals surface area contributed by atoms with Crippen LogP contribution < -0.4 is 10.6 Å². The summed E-state index contributed by atoms with van der Waals surface area (Å²) in [5.41, 5.74) is -0.100. The molecule has 1 aromatic rings. The van der Waals surface area contributed by atoms with Crippen molar-refractivity contribution in [1.29, 1.82) is 0 Å². The molecule has 0 radical (unpaired) electrons. The van der Waals surface area contributed by atoms with Crippen molar-refractivity contribution >= 4 is 12.0 Å². The Bertz CT molecular complexity index is 482. The standard InChI is InChI=1S/C13H21N5O3/c19-12(20)11-9-18(17-16-11)7-6-14-13(21)15-8-10-4-2-1-3-5-10/h9-10H,1-8H2,(H,19,20)(H2,14,15,21). The number of nitrogens with one attached hydrogen (secondary N) is 2. The Morgan fingerprint density at radius 1 is 1.29 bits per heavy atom. The fourth-order valence-electron chi connectivity index (χ4n) is 2.48. The molecule has 0 aliphatic heterocycles. The lowest BCUT2D eigenvalue weighted by Gasteiger charge is -2.21. The zero-order valence-corrected chi connectivity index (χ0v) is 11.9. The number of nitrogens with zero attached hydrogens (tertiary/aromatic N) is 3. The van der Waals surface area contributed by atoms with Crippen LogP contribution in [0.25, 0.3) is 0 Å². The Morgan fingerprint density at radius 2 is 2.05 bits per heavy atom. The molecule has 0 bridgehead atoms. The van der Waals surface area contributed by atoms with Gasteiger partial charge in [0.2, 0.25) is 0 Å². The molecule has 0 atom stereocenters. The fourth-order valence-corrected chi connectivity index (χ4v) is 2.48. The summed E-state index contributed by atoms with van der Waals surface area (Å²) in [6.07, 6.45) is 7.54. The first-order chi connectivity index (χ1) is 10.1. The fraction of sp³-hybridized carbons (Fsp3) is 0.692. The first kappa shape index (κ1) is 15.3. The first-order valence-corrected chi connectivity index (χ1v) is 7.30. The molecule has 1 aliphatic rings. The predicted octanol–water partition coefficient (Wildman–Crippen LogP) is 0.856. The highest BCUT2D eigenvalue weighted by molar-refractivity contribution is 5.84. The van der Waals surface area contributed by atoms with Crippen LogP contribution in [0.2, 0.25) is 0 Å². The van der Waals surface area contributed by atoms with Crippen LogP contribution in [0, 0.1) is 5.92 Å². The molecule has 1 aromatic heterocycles. The van der Waals surface area contributed by atoms with E-state index in [4.69, 9.17) is 5.11 Å². The van der Waals surface area contributed by atoms with Crippen LogP contribution in [0.5, 0.6) is 0 Å². The van der Waals surface area contributed by atoms with Gasteiger partial charge in [0.25, 0.3) is 0 Å². The maximum atomic E-state index is 11.6. The Morgan fingerprint density at radius 3 is 2.71 bits per heavy atom. The molecule has 2 rings (SSSR count). The second-order valence-electron chi connectivity index (χ2n) is 5.31. The average Bonchev–Trinajstić information content (AvgIpc) is 2.95. The number of carboxylic acids is 1. The van der Waals surface area contributed by atoms with Crippen molar-refractivity contribution in [2.75, 3.05) is 13.1 Å². The second-order valence-corrected chi connectivity index (χ2v) is 5.31. The molecule has 0 aromatic carbocycles. The lowest BCUT2D eigenvalue weighted by molar-refractivity contribution is 0.0690. The molecule has 0 saturated heterocycles. The minimum absolute atomic E-state index is 0.100. The van der Waals surface area contributed by atoms with E-state index >= 15 is 0 Å². The van der Waals surface area contributed by atoms with E-state index in [1.165, 1.54) is 43.0 Å². The maximum absolute atomic E-state index is 11.6. The van der Waals surface area contributed by atoms with Gasteiger partial charge in [0.05, 0.1) is 12.7 Å². The van der Waals surface area contributed by atoms with Gasteiger partial charge in [-0.2, -0.15) is 0 Å². The highest BCUT2D eigenvalue weighted by Crippen LogP contribution is 2.22. The van der Waals surface area contributed by atoms with Crippen molar-refractivity contribution in [3.05, 3.63) is 11.9 Å². The van der Waals surface area contributed by atoms with E-state index in [-0.39, 0.29) is 11.7 Å². The Hall–Kier alpha value is -2.12. The van der Waals surface area contributed by atoms with Crippen molar-refractivity contribution in [2.45, 2.75) is 38.6 Å². The van der Waals surface area contributed by atoms with Gasteiger partial charge >= 0.3 is 12.0 Å². The lowest BCUT2D eigenvalue weighted by Crippen LogP contribution is -2.39. The van der Waals surface area contributed by atoms with E-state index in [1.807, 2.05) is 0 Å². The third-order valence-electron chi connectivity index (χ3n) is 3.66. The third kappa shape index (κ3) is 5.05. The molecule has 3 N–H and O–H groups in total. The van der Waals surface area contributed by atoms with Gasteiger partial charge in [0, 0.05) is 13.1 Å². The molecule has 2 amide bonds. The molecular formula is C13H21N5O3. The second kappa shape index (κ2) is 7.61. The minimum Gasteiger partial charge on any atom is -0.476 e. The van der Waals surface area contributed by atoms with Crippen molar-refractivity contribution < 1.29 is 14.7 Å². The number of amides is 2. The van der Waals surface area contributed by atoms with Crippen LogP contribution >= 0.6 is 0 Å². The van der Waals surface area contributed by atoms with E-state index in [9.17, 15) is 9.59 Å². The van der Waals surface area contributed by atoms with E-state index in [0.29, 0.717) is 19.0 Å². The first-order valence-electron chi connectivity index (χ1n) is 7.30. The smallest absolute Gasteiger partial charge is 0.358 e. The van der Waals surface area contributed by atoms with Crippen molar-refractivity contribution in [3.63, 3.8) is 0 Å². The van der Waals surface area contributed by atoms with Crippen molar-refractivity contribution in [3.8, 4) is 0 Å². The maximum Gasteiger partial charge on any atom is 0.358 e. The molecule has 0 unspecified atom stereocenters. The number of hydrogen-bond acceptors (Lipinski definition) is 4. The lowest BCUT2D eigenvalue weighted by atomic mass is 9.89. The molecular weight excluding hydrogens is 274 g/mol. The van der Waals surface area contributed by atoms with E-state index in [2.05, 4.69) is 20.9 Å². The quantitative estimate of drug-likeness (QED) is 0.721. The molecule has 21 heavy (non-hydrogen) atoms. The summed E-state index contributed by atoms with van der Waals surface area (Å²) in [4.78, 5) is 22.3. The zero-order valence-electron chi connectivity index (χ0n) is 11.9. The summed E-state index contributed by atoms with van der Waals surface area (Å²) in [6.45, 7) is 1.48. The highest BCUT2D eigenvalue weighted by Gasteiger charge is 2.14. The van der Waals surface area contributed by atoms with Crippen LogP contribution in [-0.2, 0) is 6.54 Å². The van der Waals surface area contributed by atoms with Crippen molar-refractivity contribution in [2.24, 2.45) is 5.92 Å². The van der Waals surface area contributed by atoms with Gasteiger partial charge in [-0.1, -0.05) is 24.5 Å². The van der Waals surface area contributed by atoms with Crippen molar-refractivity contribution in [1.82, 2.24) is 25.6 Å². The van der Waals surface area contributed by atoms with Gasteiger partial charge in [0.15, 0.2) is 5.69 Å². The molecule has 8 heteroatoms. The van der Waals surface area contributed by atoms with Gasteiger partial charge in [-0.05, 0) is 18.8 Å². The Balaban J connectivity index is 1.61. The zero-order chi connectivity index (χ0) is 15.1. The number of urea groups is 1. The van der Waals surface area contributed by atoms with Crippen LogP contribution in [0.3, 0.4) is 0 Å². The average molecular weight is 295 g/mol. The summed E-state index contributed by atoms with van der Waals surface area (Å²) in [6, 6.07) is -0.195. The number of carbonyl (C=O) groups excluding carboxylic acids is 1. The number of carbonyl (C=O) groups is 2. The number of aromatic nitrogens is 3. The van der Waals surface area contributed by atoms with Crippen LogP contribution in [0.1, 0.15) is 42.6 Å². The van der Waals surface area contributed by atoms with Gasteiger partial charge in [-0.3, -0.25) is 0 Å². The Kier molecular flexibility index (Phi) is 5.53. The number of aromatic carboxylic acids is 1. The topological polar surface area (TPSA) is 109 Å². The van der Waals surface area contributed by atoms with E-state index < -0.39 is 5.97 Å². The number of carboxylic acid groups (broad SMARTS) is 1.